The van der Waals surface area contributed by atoms with Gasteiger partial charge >= 0.3 is 0 Å². The van der Waals surface area contributed by atoms with Crippen molar-refractivity contribution in [2.75, 3.05) is 11.5 Å². The van der Waals surface area contributed by atoms with Crippen LogP contribution in [0.25, 0.3) is 0 Å². The fraction of sp³-hybridized carbons (Fsp3) is 0.385. The van der Waals surface area contributed by atoms with Gasteiger partial charge in [0, 0.05) is 12.2 Å². The Balaban J connectivity index is 1.94. The van der Waals surface area contributed by atoms with Crippen LogP contribution in [-0.2, 0) is 11.3 Å². The highest BCUT2D eigenvalue weighted by Crippen LogP contribution is 2.30. The quantitative estimate of drug-likeness (QED) is 0.839. The van der Waals surface area contributed by atoms with Crippen molar-refractivity contribution in [2.24, 2.45) is 0 Å². The first-order chi connectivity index (χ1) is 9.66. The standard InChI is InChI=1S/C13H15N5O2/c1-9(2)18-8-15-16-11(18)6-17-12(19)7-20-10-4-3-5-14-13(10)17/h3-5,8-9H,6-7H2,1-2H3. The summed E-state index contributed by atoms with van der Waals surface area (Å²) in [5, 5.41) is 8.00. The van der Waals surface area contributed by atoms with Gasteiger partial charge in [0.05, 0.1) is 6.54 Å². The normalized spacial score (nSPS) is 14.3. The van der Waals surface area contributed by atoms with Crippen LogP contribution in [0.1, 0.15) is 25.7 Å². The number of pyridine rings is 1. The van der Waals surface area contributed by atoms with Crippen molar-refractivity contribution in [3.8, 4) is 5.75 Å². The highest BCUT2D eigenvalue weighted by atomic mass is 16.5. The lowest BCUT2D eigenvalue weighted by atomic mass is 10.3. The van der Waals surface area contributed by atoms with Crippen LogP contribution in [0.2, 0.25) is 0 Å². The predicted molar refractivity (Wildman–Crippen MR) is 71.3 cm³/mol. The van der Waals surface area contributed by atoms with Crippen molar-refractivity contribution in [3.63, 3.8) is 0 Å². The molecule has 0 saturated carbocycles. The van der Waals surface area contributed by atoms with Crippen molar-refractivity contribution in [1.29, 1.82) is 0 Å². The van der Waals surface area contributed by atoms with Crippen molar-refractivity contribution in [2.45, 2.75) is 26.4 Å². The summed E-state index contributed by atoms with van der Waals surface area (Å²) in [5.74, 6) is 1.74. The Labute approximate surface area is 116 Å². The van der Waals surface area contributed by atoms with E-state index in [2.05, 4.69) is 15.2 Å². The van der Waals surface area contributed by atoms with E-state index >= 15 is 0 Å². The van der Waals surface area contributed by atoms with Crippen molar-refractivity contribution >= 4 is 11.7 Å². The van der Waals surface area contributed by atoms with E-state index < -0.39 is 0 Å². The molecule has 2 aromatic rings. The molecule has 2 aromatic heterocycles. The Morgan fingerprint density at radius 1 is 1.45 bits per heavy atom. The molecule has 7 nitrogen and oxygen atoms in total. The third kappa shape index (κ3) is 2.11. The molecule has 20 heavy (non-hydrogen) atoms. The van der Waals surface area contributed by atoms with Crippen LogP contribution in [0.5, 0.6) is 5.75 Å². The van der Waals surface area contributed by atoms with Gasteiger partial charge in [-0.15, -0.1) is 10.2 Å². The summed E-state index contributed by atoms with van der Waals surface area (Å²) in [4.78, 5) is 17.9. The minimum atomic E-state index is -0.130. The number of aromatic nitrogens is 4. The van der Waals surface area contributed by atoms with Gasteiger partial charge in [0.15, 0.2) is 24.0 Å². The summed E-state index contributed by atoms with van der Waals surface area (Å²) >= 11 is 0. The largest absolute Gasteiger partial charge is 0.480 e. The van der Waals surface area contributed by atoms with E-state index in [0.29, 0.717) is 18.1 Å². The molecule has 0 unspecified atom stereocenters. The Kier molecular flexibility index (Phi) is 3.09. The van der Waals surface area contributed by atoms with Crippen LogP contribution in [0.4, 0.5) is 5.82 Å². The predicted octanol–water partition coefficient (Wildman–Crippen LogP) is 1.18. The molecule has 104 valence electrons. The Hall–Kier alpha value is -2.44. The second-order valence-electron chi connectivity index (χ2n) is 4.84. The average Bonchev–Trinajstić information content (AvgIpc) is 2.90. The zero-order valence-electron chi connectivity index (χ0n) is 11.4. The number of fused-ring (bicyclic) bond motifs is 1. The van der Waals surface area contributed by atoms with Crippen LogP contribution in [-0.4, -0.2) is 32.3 Å². The van der Waals surface area contributed by atoms with Crippen LogP contribution in [0.15, 0.2) is 24.7 Å². The summed E-state index contributed by atoms with van der Waals surface area (Å²) in [6, 6.07) is 3.82. The van der Waals surface area contributed by atoms with E-state index in [0.717, 1.165) is 5.82 Å². The molecule has 1 aliphatic heterocycles. The molecule has 1 amide bonds. The minimum absolute atomic E-state index is 0.0223. The van der Waals surface area contributed by atoms with Crippen LogP contribution in [0.3, 0.4) is 0 Å². The highest BCUT2D eigenvalue weighted by Gasteiger charge is 2.28. The fourth-order valence-corrected chi connectivity index (χ4v) is 2.15. The first-order valence-electron chi connectivity index (χ1n) is 6.43. The zero-order chi connectivity index (χ0) is 14.1. The van der Waals surface area contributed by atoms with Gasteiger partial charge in [-0.1, -0.05) is 0 Å². The topological polar surface area (TPSA) is 73.1 Å². The average molecular weight is 273 g/mol. The van der Waals surface area contributed by atoms with E-state index in [1.165, 1.54) is 0 Å². The number of hydrogen-bond donors (Lipinski definition) is 0. The van der Waals surface area contributed by atoms with Gasteiger partial charge in [-0.3, -0.25) is 9.69 Å². The lowest BCUT2D eigenvalue weighted by Gasteiger charge is -2.27. The molecular weight excluding hydrogens is 258 g/mol. The van der Waals surface area contributed by atoms with Gasteiger partial charge in [-0.05, 0) is 26.0 Å². The van der Waals surface area contributed by atoms with Gasteiger partial charge in [-0.25, -0.2) is 4.98 Å². The van der Waals surface area contributed by atoms with E-state index in [-0.39, 0.29) is 18.6 Å². The molecule has 0 fully saturated rings. The summed E-state index contributed by atoms with van der Waals surface area (Å²) in [6.07, 6.45) is 3.31. The van der Waals surface area contributed by atoms with Crippen LogP contribution < -0.4 is 9.64 Å². The molecule has 0 atom stereocenters. The molecule has 0 N–H and O–H groups in total. The molecule has 0 aromatic carbocycles. The van der Waals surface area contributed by atoms with Gasteiger partial charge in [0.25, 0.3) is 5.91 Å². The maximum absolute atomic E-state index is 12.1. The number of anilines is 1. The number of nitrogens with zero attached hydrogens (tertiary/aromatic N) is 5. The fourth-order valence-electron chi connectivity index (χ4n) is 2.15. The Morgan fingerprint density at radius 3 is 3.10 bits per heavy atom. The highest BCUT2D eigenvalue weighted by molar-refractivity contribution is 5.96. The summed E-state index contributed by atoms with van der Waals surface area (Å²) in [5.41, 5.74) is 0. The van der Waals surface area contributed by atoms with Gasteiger partial charge in [0.1, 0.15) is 6.33 Å². The molecule has 0 bridgehead atoms. The molecule has 3 rings (SSSR count). The van der Waals surface area contributed by atoms with E-state index in [9.17, 15) is 4.79 Å². The van der Waals surface area contributed by atoms with E-state index in [1.807, 2.05) is 18.4 Å². The van der Waals surface area contributed by atoms with Crippen LogP contribution in [0, 0.1) is 0 Å². The summed E-state index contributed by atoms with van der Waals surface area (Å²) in [6.45, 7) is 4.44. The number of carbonyl (C=O) groups is 1. The molecule has 1 aliphatic rings. The maximum atomic E-state index is 12.1. The minimum Gasteiger partial charge on any atom is -0.480 e. The third-order valence-electron chi connectivity index (χ3n) is 3.16. The smallest absolute Gasteiger partial charge is 0.266 e. The second kappa shape index (κ2) is 4.92. The molecular formula is C13H15N5O2. The zero-order valence-corrected chi connectivity index (χ0v) is 11.4. The first-order valence-corrected chi connectivity index (χ1v) is 6.43. The Morgan fingerprint density at radius 2 is 2.30 bits per heavy atom. The van der Waals surface area contributed by atoms with Gasteiger partial charge in [0.2, 0.25) is 0 Å². The number of hydrogen-bond acceptors (Lipinski definition) is 5. The van der Waals surface area contributed by atoms with E-state index in [4.69, 9.17) is 4.74 Å². The van der Waals surface area contributed by atoms with Crippen molar-refractivity contribution in [1.82, 2.24) is 19.7 Å². The second-order valence-corrected chi connectivity index (χ2v) is 4.84. The lowest BCUT2D eigenvalue weighted by molar-refractivity contribution is -0.121. The summed E-state index contributed by atoms with van der Waals surface area (Å²) < 4.78 is 7.30. The number of carbonyl (C=O) groups excluding carboxylic acids is 1. The third-order valence-corrected chi connectivity index (χ3v) is 3.16. The first kappa shape index (κ1) is 12.6. The molecule has 0 aliphatic carbocycles. The number of rotatable bonds is 3. The lowest BCUT2D eigenvalue weighted by Crippen LogP contribution is -2.39. The molecule has 3 heterocycles. The monoisotopic (exact) mass is 273 g/mol. The van der Waals surface area contributed by atoms with Crippen LogP contribution >= 0.6 is 0 Å². The molecule has 7 heteroatoms. The molecule has 0 spiro atoms. The SMILES string of the molecule is CC(C)n1cnnc1CN1C(=O)COc2cccnc21. The number of ether oxygens (including phenoxy) is 1. The van der Waals surface area contributed by atoms with Crippen molar-refractivity contribution < 1.29 is 9.53 Å². The van der Waals surface area contributed by atoms with Gasteiger partial charge in [-0.2, -0.15) is 0 Å². The molecule has 0 radical (unpaired) electrons. The Bertz CT molecular complexity index is 637. The number of amides is 1. The van der Waals surface area contributed by atoms with E-state index in [1.54, 1.807) is 29.6 Å². The molecule has 0 saturated heterocycles. The van der Waals surface area contributed by atoms with Crippen molar-refractivity contribution in [3.05, 3.63) is 30.5 Å². The summed E-state index contributed by atoms with van der Waals surface area (Å²) in [7, 11) is 0. The van der Waals surface area contributed by atoms with Gasteiger partial charge < -0.3 is 9.30 Å². The maximum Gasteiger partial charge on any atom is 0.266 e.